The molecule has 0 N–H and O–H groups in total. The van der Waals surface area contributed by atoms with Crippen LogP contribution in [0.15, 0.2) is 60.7 Å². The van der Waals surface area contributed by atoms with E-state index in [-0.39, 0.29) is 0 Å². The minimum absolute atomic E-state index is 1.09. The van der Waals surface area contributed by atoms with Crippen molar-refractivity contribution in [2.45, 2.75) is 26.7 Å². The summed E-state index contributed by atoms with van der Waals surface area (Å²) >= 11 is 0. The van der Waals surface area contributed by atoms with E-state index in [0.717, 1.165) is 12.8 Å². The molecule has 0 aromatic heterocycles. The maximum atomic E-state index is 2.37. The molecule has 0 unspecified atom stereocenters. The molecule has 0 atom stereocenters. The summed E-state index contributed by atoms with van der Waals surface area (Å²) in [7, 11) is 0. The fraction of sp³-hybridized carbons (Fsp3) is 0.182. The zero-order valence-corrected chi connectivity index (χ0v) is 13.2. The van der Waals surface area contributed by atoms with Crippen molar-refractivity contribution < 1.29 is 0 Å². The molecule has 0 nitrogen and oxygen atoms in total. The van der Waals surface area contributed by atoms with Crippen molar-refractivity contribution in [2.75, 3.05) is 0 Å². The van der Waals surface area contributed by atoms with Crippen LogP contribution >= 0.6 is 0 Å². The Balaban J connectivity index is 2.23. The normalized spacial score (nSPS) is 11.5. The van der Waals surface area contributed by atoms with Crippen LogP contribution < -0.4 is 0 Å². The van der Waals surface area contributed by atoms with Gasteiger partial charge in [-0.1, -0.05) is 62.4 Å². The summed E-state index contributed by atoms with van der Waals surface area (Å²) in [6.07, 6.45) is 2.19. The van der Waals surface area contributed by atoms with Crippen LogP contribution in [0.1, 0.15) is 25.0 Å². The van der Waals surface area contributed by atoms with Gasteiger partial charge in [0.05, 0.1) is 0 Å². The summed E-state index contributed by atoms with van der Waals surface area (Å²) in [6.45, 7) is 4.52. The molecule has 0 heteroatoms. The topological polar surface area (TPSA) is 0 Å². The Morgan fingerprint density at radius 3 is 2.05 bits per heavy atom. The van der Waals surface area contributed by atoms with E-state index in [0.29, 0.717) is 0 Å². The maximum Gasteiger partial charge on any atom is -0.00704 e. The van der Waals surface area contributed by atoms with Gasteiger partial charge in [0, 0.05) is 0 Å². The standard InChI is InChI=1S/C22H20/c1-3-15-9-10-16-11-12-19-13-17-7-5-6-8-18(17)14-21(19)22(16)20(15)4-2/h5-14H,3-4H2,1-2H3. The summed E-state index contributed by atoms with van der Waals surface area (Å²) in [5.74, 6) is 0. The second-order valence-corrected chi connectivity index (χ2v) is 5.99. The highest BCUT2D eigenvalue weighted by Gasteiger charge is 2.09. The fourth-order valence-electron chi connectivity index (χ4n) is 3.69. The van der Waals surface area contributed by atoms with E-state index in [4.69, 9.17) is 0 Å². The number of rotatable bonds is 2. The molecule has 0 aliphatic heterocycles. The summed E-state index contributed by atoms with van der Waals surface area (Å²) in [4.78, 5) is 0. The van der Waals surface area contributed by atoms with Crippen LogP contribution in [0.3, 0.4) is 0 Å². The number of benzene rings is 4. The van der Waals surface area contributed by atoms with Crippen molar-refractivity contribution >= 4 is 32.3 Å². The predicted molar refractivity (Wildman–Crippen MR) is 97.7 cm³/mol. The van der Waals surface area contributed by atoms with Gasteiger partial charge in [-0.05, 0) is 68.4 Å². The summed E-state index contributed by atoms with van der Waals surface area (Å²) in [6, 6.07) is 22.4. The SMILES string of the molecule is CCc1ccc2ccc3cc4ccccc4cc3c2c1CC. The van der Waals surface area contributed by atoms with Crippen molar-refractivity contribution in [3.63, 3.8) is 0 Å². The van der Waals surface area contributed by atoms with Gasteiger partial charge in [-0.15, -0.1) is 0 Å². The van der Waals surface area contributed by atoms with Gasteiger partial charge in [0.1, 0.15) is 0 Å². The van der Waals surface area contributed by atoms with E-state index in [2.05, 4.69) is 74.5 Å². The minimum Gasteiger partial charge on any atom is -0.0616 e. The van der Waals surface area contributed by atoms with Crippen molar-refractivity contribution in [1.82, 2.24) is 0 Å². The van der Waals surface area contributed by atoms with Crippen LogP contribution in [0.25, 0.3) is 32.3 Å². The third kappa shape index (κ3) is 1.91. The zero-order valence-electron chi connectivity index (χ0n) is 13.2. The monoisotopic (exact) mass is 284 g/mol. The highest BCUT2D eigenvalue weighted by Crippen LogP contribution is 2.33. The lowest BCUT2D eigenvalue weighted by molar-refractivity contribution is 1.05. The van der Waals surface area contributed by atoms with Gasteiger partial charge in [0.15, 0.2) is 0 Å². The Bertz CT molecular complexity index is 993. The first-order chi connectivity index (χ1) is 10.8. The first-order valence-electron chi connectivity index (χ1n) is 8.17. The Kier molecular flexibility index (Phi) is 3.11. The van der Waals surface area contributed by atoms with Crippen LogP contribution in [0.5, 0.6) is 0 Å². The lowest BCUT2D eigenvalue weighted by Crippen LogP contribution is -1.93. The Morgan fingerprint density at radius 1 is 0.636 bits per heavy atom. The van der Waals surface area contributed by atoms with Crippen molar-refractivity contribution in [2.24, 2.45) is 0 Å². The number of hydrogen-bond donors (Lipinski definition) is 0. The first kappa shape index (κ1) is 13.3. The lowest BCUT2D eigenvalue weighted by atomic mass is 9.91. The Labute approximate surface area is 131 Å². The van der Waals surface area contributed by atoms with E-state index in [1.165, 1.54) is 43.4 Å². The molecule has 0 amide bonds. The third-order valence-corrected chi connectivity index (χ3v) is 4.81. The molecule has 0 saturated carbocycles. The Morgan fingerprint density at radius 2 is 1.32 bits per heavy atom. The number of fused-ring (bicyclic) bond motifs is 4. The Hall–Kier alpha value is -2.34. The number of hydrogen-bond acceptors (Lipinski definition) is 0. The molecule has 108 valence electrons. The van der Waals surface area contributed by atoms with Crippen LogP contribution in [-0.2, 0) is 12.8 Å². The average molecular weight is 284 g/mol. The molecule has 22 heavy (non-hydrogen) atoms. The largest absolute Gasteiger partial charge is 0.0616 e. The fourth-order valence-corrected chi connectivity index (χ4v) is 3.69. The van der Waals surface area contributed by atoms with Crippen molar-refractivity contribution in [3.05, 3.63) is 71.8 Å². The van der Waals surface area contributed by atoms with Crippen molar-refractivity contribution in [3.8, 4) is 0 Å². The second kappa shape index (κ2) is 5.14. The van der Waals surface area contributed by atoms with Gasteiger partial charge >= 0.3 is 0 Å². The minimum atomic E-state index is 1.09. The van der Waals surface area contributed by atoms with Crippen LogP contribution in [-0.4, -0.2) is 0 Å². The molecule has 4 aromatic rings. The smallest absolute Gasteiger partial charge is 0.00704 e. The van der Waals surface area contributed by atoms with Gasteiger partial charge in [0.25, 0.3) is 0 Å². The molecule has 0 heterocycles. The van der Waals surface area contributed by atoms with E-state index < -0.39 is 0 Å². The van der Waals surface area contributed by atoms with Gasteiger partial charge in [-0.25, -0.2) is 0 Å². The predicted octanol–water partition coefficient (Wildman–Crippen LogP) is 6.27. The molecule has 0 fully saturated rings. The molecule has 4 aromatic carbocycles. The third-order valence-electron chi connectivity index (χ3n) is 4.81. The first-order valence-corrected chi connectivity index (χ1v) is 8.17. The maximum absolute atomic E-state index is 2.37. The van der Waals surface area contributed by atoms with Crippen LogP contribution in [0, 0.1) is 0 Å². The zero-order chi connectivity index (χ0) is 15.1. The molecule has 0 bridgehead atoms. The molecule has 0 radical (unpaired) electrons. The second-order valence-electron chi connectivity index (χ2n) is 5.99. The molecule has 4 rings (SSSR count). The van der Waals surface area contributed by atoms with E-state index in [1.54, 1.807) is 0 Å². The van der Waals surface area contributed by atoms with Gasteiger partial charge in [-0.3, -0.25) is 0 Å². The molecule has 0 aliphatic carbocycles. The van der Waals surface area contributed by atoms with E-state index in [9.17, 15) is 0 Å². The van der Waals surface area contributed by atoms with Gasteiger partial charge in [-0.2, -0.15) is 0 Å². The highest BCUT2D eigenvalue weighted by atomic mass is 14.1. The average Bonchev–Trinajstić information content (AvgIpc) is 2.58. The van der Waals surface area contributed by atoms with Gasteiger partial charge < -0.3 is 0 Å². The van der Waals surface area contributed by atoms with Crippen LogP contribution in [0.2, 0.25) is 0 Å². The van der Waals surface area contributed by atoms with Crippen molar-refractivity contribution in [1.29, 1.82) is 0 Å². The summed E-state index contributed by atoms with van der Waals surface area (Å²) in [5.41, 5.74) is 3.00. The summed E-state index contributed by atoms with van der Waals surface area (Å²) in [5, 5.41) is 8.19. The molecule has 0 saturated heterocycles. The quantitative estimate of drug-likeness (QED) is 0.300. The highest BCUT2D eigenvalue weighted by molar-refractivity contribution is 6.13. The molecular weight excluding hydrogens is 264 g/mol. The van der Waals surface area contributed by atoms with Crippen LogP contribution in [0.4, 0.5) is 0 Å². The lowest BCUT2D eigenvalue weighted by Gasteiger charge is -2.13. The van der Waals surface area contributed by atoms with E-state index in [1.807, 2.05) is 0 Å². The number of aryl methyl sites for hydroxylation is 2. The summed E-state index contributed by atoms with van der Waals surface area (Å²) < 4.78 is 0. The molecule has 0 aliphatic rings. The molecule has 0 spiro atoms. The van der Waals surface area contributed by atoms with E-state index >= 15 is 0 Å². The van der Waals surface area contributed by atoms with Gasteiger partial charge in [0.2, 0.25) is 0 Å². The molecular formula is C22H20.